The predicted octanol–water partition coefficient (Wildman–Crippen LogP) is 4.39. The molecular weight excluding hydrogens is 242 g/mol. The van der Waals surface area contributed by atoms with Crippen LogP contribution in [-0.4, -0.2) is 24.0 Å². The molecule has 0 aromatic carbocycles. The molecule has 18 heavy (non-hydrogen) atoms. The average Bonchev–Trinajstić information content (AvgIpc) is 2.37. The van der Waals surface area contributed by atoms with Crippen molar-refractivity contribution < 1.29 is 4.79 Å². The van der Waals surface area contributed by atoms with Crippen molar-refractivity contribution in [1.82, 2.24) is 5.32 Å². The number of amides is 1. The topological polar surface area (TPSA) is 29.1 Å². The Hall–Kier alpha value is -0.180. The van der Waals surface area contributed by atoms with E-state index in [1.165, 1.54) is 50.7 Å². The SMILES string of the molecule is CCCCCCNC(=O)CCSCCCCCC. The van der Waals surface area contributed by atoms with E-state index in [1.807, 2.05) is 11.8 Å². The number of thioether (sulfide) groups is 1. The highest BCUT2D eigenvalue weighted by Gasteiger charge is 2.00. The fourth-order valence-electron chi connectivity index (χ4n) is 1.77. The molecular formula is C15H31NOS. The number of hydrogen-bond donors (Lipinski definition) is 1. The van der Waals surface area contributed by atoms with Gasteiger partial charge in [-0.25, -0.2) is 0 Å². The molecule has 2 nitrogen and oxygen atoms in total. The number of unbranched alkanes of at least 4 members (excludes halogenated alkanes) is 6. The maximum absolute atomic E-state index is 11.5. The van der Waals surface area contributed by atoms with Gasteiger partial charge >= 0.3 is 0 Å². The summed E-state index contributed by atoms with van der Waals surface area (Å²) in [7, 11) is 0. The zero-order chi connectivity index (χ0) is 13.5. The van der Waals surface area contributed by atoms with Crippen LogP contribution in [0.15, 0.2) is 0 Å². The average molecular weight is 273 g/mol. The summed E-state index contributed by atoms with van der Waals surface area (Å²) in [4.78, 5) is 11.5. The lowest BCUT2D eigenvalue weighted by Crippen LogP contribution is -2.24. The summed E-state index contributed by atoms with van der Waals surface area (Å²) in [5.41, 5.74) is 0. The first-order valence-electron chi connectivity index (χ1n) is 7.65. The first-order valence-corrected chi connectivity index (χ1v) is 8.81. The van der Waals surface area contributed by atoms with E-state index in [2.05, 4.69) is 19.2 Å². The minimum absolute atomic E-state index is 0.229. The van der Waals surface area contributed by atoms with Crippen LogP contribution >= 0.6 is 11.8 Å². The van der Waals surface area contributed by atoms with Crippen LogP contribution in [0.2, 0.25) is 0 Å². The van der Waals surface area contributed by atoms with Gasteiger partial charge in [0.25, 0.3) is 0 Å². The molecule has 0 aliphatic rings. The molecule has 0 rings (SSSR count). The molecule has 1 amide bonds. The molecule has 0 aliphatic heterocycles. The Balaban J connectivity index is 3.12. The molecule has 0 atom stereocenters. The van der Waals surface area contributed by atoms with Crippen LogP contribution in [-0.2, 0) is 4.79 Å². The second-order valence-electron chi connectivity index (χ2n) is 4.83. The number of carbonyl (C=O) groups is 1. The molecule has 0 aromatic rings. The lowest BCUT2D eigenvalue weighted by molar-refractivity contribution is -0.120. The summed E-state index contributed by atoms with van der Waals surface area (Å²) in [6.45, 7) is 5.30. The maximum Gasteiger partial charge on any atom is 0.220 e. The first-order chi connectivity index (χ1) is 8.81. The van der Waals surface area contributed by atoms with Crippen molar-refractivity contribution >= 4 is 17.7 Å². The van der Waals surface area contributed by atoms with Gasteiger partial charge in [0.1, 0.15) is 0 Å². The Labute approximate surface area is 118 Å². The zero-order valence-electron chi connectivity index (χ0n) is 12.3. The minimum Gasteiger partial charge on any atom is -0.356 e. The zero-order valence-corrected chi connectivity index (χ0v) is 13.1. The standard InChI is InChI=1S/C15H31NOS/c1-3-5-7-9-12-16-15(17)11-14-18-13-10-8-6-4-2/h3-14H2,1-2H3,(H,16,17). The van der Waals surface area contributed by atoms with Crippen LogP contribution in [0, 0.1) is 0 Å². The van der Waals surface area contributed by atoms with Gasteiger partial charge in [0, 0.05) is 18.7 Å². The minimum atomic E-state index is 0.229. The molecule has 1 N–H and O–H groups in total. The Morgan fingerprint density at radius 3 is 2.22 bits per heavy atom. The third kappa shape index (κ3) is 13.9. The summed E-state index contributed by atoms with van der Waals surface area (Å²) in [6.07, 6.45) is 10.9. The Morgan fingerprint density at radius 2 is 1.56 bits per heavy atom. The van der Waals surface area contributed by atoms with Gasteiger partial charge in [0.05, 0.1) is 0 Å². The summed E-state index contributed by atoms with van der Waals surface area (Å²) in [5.74, 6) is 2.42. The van der Waals surface area contributed by atoms with Gasteiger partial charge in [0.2, 0.25) is 5.91 Å². The third-order valence-electron chi connectivity index (χ3n) is 2.97. The highest BCUT2D eigenvalue weighted by atomic mass is 32.2. The lowest BCUT2D eigenvalue weighted by atomic mass is 10.2. The molecule has 0 fully saturated rings. The van der Waals surface area contributed by atoms with Gasteiger partial charge < -0.3 is 5.32 Å². The van der Waals surface area contributed by atoms with Crippen molar-refractivity contribution in [3.8, 4) is 0 Å². The van der Waals surface area contributed by atoms with Gasteiger partial charge in [0.15, 0.2) is 0 Å². The van der Waals surface area contributed by atoms with Crippen LogP contribution < -0.4 is 5.32 Å². The van der Waals surface area contributed by atoms with Crippen molar-refractivity contribution in [3.05, 3.63) is 0 Å². The molecule has 3 heteroatoms. The summed E-state index contributed by atoms with van der Waals surface area (Å²) in [5, 5.41) is 3.00. The number of hydrogen-bond acceptors (Lipinski definition) is 2. The van der Waals surface area contributed by atoms with Gasteiger partial charge in [-0.3, -0.25) is 4.79 Å². The van der Waals surface area contributed by atoms with Crippen LogP contribution in [0.4, 0.5) is 0 Å². The smallest absolute Gasteiger partial charge is 0.220 e. The summed E-state index contributed by atoms with van der Waals surface area (Å²) >= 11 is 1.92. The van der Waals surface area contributed by atoms with Gasteiger partial charge in [-0.1, -0.05) is 52.4 Å². The highest BCUT2D eigenvalue weighted by Crippen LogP contribution is 2.08. The molecule has 0 radical (unpaired) electrons. The fraction of sp³-hybridized carbons (Fsp3) is 0.933. The second-order valence-corrected chi connectivity index (χ2v) is 6.06. The van der Waals surface area contributed by atoms with Gasteiger partial charge in [-0.15, -0.1) is 0 Å². The molecule has 0 spiro atoms. The van der Waals surface area contributed by atoms with Gasteiger partial charge in [-0.2, -0.15) is 11.8 Å². The van der Waals surface area contributed by atoms with E-state index in [4.69, 9.17) is 0 Å². The predicted molar refractivity (Wildman–Crippen MR) is 83.2 cm³/mol. The first kappa shape index (κ1) is 17.8. The monoisotopic (exact) mass is 273 g/mol. The number of carbonyl (C=O) groups excluding carboxylic acids is 1. The van der Waals surface area contributed by atoms with E-state index in [1.54, 1.807) is 0 Å². The van der Waals surface area contributed by atoms with Crippen LogP contribution in [0.25, 0.3) is 0 Å². The van der Waals surface area contributed by atoms with Crippen LogP contribution in [0.5, 0.6) is 0 Å². The van der Waals surface area contributed by atoms with Crippen molar-refractivity contribution in [1.29, 1.82) is 0 Å². The van der Waals surface area contributed by atoms with E-state index in [-0.39, 0.29) is 5.91 Å². The molecule has 0 heterocycles. The quantitative estimate of drug-likeness (QED) is 0.504. The molecule has 0 unspecified atom stereocenters. The van der Waals surface area contributed by atoms with Crippen molar-refractivity contribution in [2.75, 3.05) is 18.1 Å². The van der Waals surface area contributed by atoms with Crippen LogP contribution in [0.3, 0.4) is 0 Å². The third-order valence-corrected chi connectivity index (χ3v) is 4.04. The fourth-order valence-corrected chi connectivity index (χ4v) is 2.71. The molecule has 0 bridgehead atoms. The van der Waals surface area contributed by atoms with Crippen molar-refractivity contribution in [2.24, 2.45) is 0 Å². The van der Waals surface area contributed by atoms with Gasteiger partial charge in [-0.05, 0) is 18.6 Å². The molecule has 0 aromatic heterocycles. The van der Waals surface area contributed by atoms with Crippen LogP contribution in [0.1, 0.15) is 71.6 Å². The molecule has 0 saturated heterocycles. The number of nitrogens with one attached hydrogen (secondary N) is 1. The van der Waals surface area contributed by atoms with E-state index >= 15 is 0 Å². The second kappa shape index (κ2) is 14.9. The normalized spacial score (nSPS) is 10.6. The summed E-state index contributed by atoms with van der Waals surface area (Å²) < 4.78 is 0. The molecule has 108 valence electrons. The van der Waals surface area contributed by atoms with E-state index in [0.29, 0.717) is 6.42 Å². The Morgan fingerprint density at radius 1 is 0.889 bits per heavy atom. The maximum atomic E-state index is 11.5. The lowest BCUT2D eigenvalue weighted by Gasteiger charge is -2.05. The Bertz CT molecular complexity index is 185. The molecule has 0 saturated carbocycles. The Kier molecular flexibility index (Phi) is 14.7. The highest BCUT2D eigenvalue weighted by molar-refractivity contribution is 7.99. The van der Waals surface area contributed by atoms with E-state index < -0.39 is 0 Å². The largest absolute Gasteiger partial charge is 0.356 e. The molecule has 0 aliphatic carbocycles. The van der Waals surface area contributed by atoms with Crippen molar-refractivity contribution in [2.45, 2.75) is 71.6 Å². The van der Waals surface area contributed by atoms with E-state index in [9.17, 15) is 4.79 Å². The van der Waals surface area contributed by atoms with E-state index in [0.717, 1.165) is 18.7 Å². The summed E-state index contributed by atoms with van der Waals surface area (Å²) in [6, 6.07) is 0. The number of rotatable bonds is 13. The van der Waals surface area contributed by atoms with Crippen molar-refractivity contribution in [3.63, 3.8) is 0 Å².